The molecule has 162 valence electrons. The van der Waals surface area contributed by atoms with Crippen LogP contribution in [0, 0.1) is 5.92 Å². The fourth-order valence-electron chi connectivity index (χ4n) is 4.81. The zero-order valence-corrected chi connectivity index (χ0v) is 17.9. The van der Waals surface area contributed by atoms with Gasteiger partial charge in [-0.1, -0.05) is 54.8 Å². The molecule has 1 amide bonds. The number of benzene rings is 1. The molecule has 3 aromatic rings. The van der Waals surface area contributed by atoms with Gasteiger partial charge in [-0.3, -0.25) is 4.79 Å². The number of hydrogen-bond acceptors (Lipinski definition) is 6. The Morgan fingerprint density at radius 1 is 0.968 bits per heavy atom. The van der Waals surface area contributed by atoms with E-state index >= 15 is 0 Å². The highest BCUT2D eigenvalue weighted by molar-refractivity contribution is 5.83. The molecule has 5 rings (SSSR count). The molecule has 8 nitrogen and oxygen atoms in total. The number of carbonyl (C=O) groups is 1. The number of amides is 1. The Morgan fingerprint density at radius 2 is 1.74 bits per heavy atom. The predicted molar refractivity (Wildman–Crippen MR) is 119 cm³/mol. The molecule has 0 bridgehead atoms. The van der Waals surface area contributed by atoms with Gasteiger partial charge in [0.2, 0.25) is 5.91 Å². The Morgan fingerprint density at radius 3 is 2.52 bits per heavy atom. The molecule has 2 aromatic heterocycles. The summed E-state index contributed by atoms with van der Waals surface area (Å²) in [5, 5.41) is 8.71. The van der Waals surface area contributed by atoms with E-state index in [1.165, 1.54) is 32.1 Å². The van der Waals surface area contributed by atoms with Crippen LogP contribution < -0.4 is 4.90 Å². The standard InChI is InChI=1S/C23H29N7O/c31-20(15-18-7-3-1-4-8-18)28-11-13-29(14-12-28)22-21-23(25-17-24-22)30(27-26-21)16-19-9-5-2-6-10-19/h2,5-6,9-10,17-18H,1,3-4,7-8,11-16H2. The monoisotopic (exact) mass is 419 g/mol. The van der Waals surface area contributed by atoms with Crippen molar-refractivity contribution in [2.24, 2.45) is 5.92 Å². The molecule has 31 heavy (non-hydrogen) atoms. The third kappa shape index (κ3) is 4.38. The van der Waals surface area contributed by atoms with Crippen molar-refractivity contribution in [1.82, 2.24) is 29.9 Å². The van der Waals surface area contributed by atoms with Gasteiger partial charge < -0.3 is 9.80 Å². The average Bonchev–Trinajstić information content (AvgIpc) is 3.23. The summed E-state index contributed by atoms with van der Waals surface area (Å²) in [5.74, 6) is 1.71. The maximum Gasteiger partial charge on any atom is 0.222 e. The van der Waals surface area contributed by atoms with Crippen LogP contribution in [0.4, 0.5) is 5.82 Å². The third-order valence-corrected chi connectivity index (χ3v) is 6.58. The van der Waals surface area contributed by atoms with Crippen LogP contribution in [-0.4, -0.2) is 61.9 Å². The van der Waals surface area contributed by atoms with Crippen molar-refractivity contribution in [1.29, 1.82) is 0 Å². The number of fused-ring (bicyclic) bond motifs is 1. The van der Waals surface area contributed by atoms with Crippen LogP contribution in [0.5, 0.6) is 0 Å². The molecule has 0 radical (unpaired) electrons. The van der Waals surface area contributed by atoms with Crippen molar-refractivity contribution in [2.45, 2.75) is 45.1 Å². The van der Waals surface area contributed by atoms with Crippen molar-refractivity contribution in [3.8, 4) is 0 Å². The summed E-state index contributed by atoms with van der Waals surface area (Å²) in [6.07, 6.45) is 8.61. The van der Waals surface area contributed by atoms with Gasteiger partial charge >= 0.3 is 0 Å². The summed E-state index contributed by atoms with van der Waals surface area (Å²) in [4.78, 5) is 25.9. The molecule has 1 saturated heterocycles. The van der Waals surface area contributed by atoms with Crippen LogP contribution in [0.2, 0.25) is 0 Å². The fourth-order valence-corrected chi connectivity index (χ4v) is 4.81. The van der Waals surface area contributed by atoms with E-state index in [9.17, 15) is 4.79 Å². The van der Waals surface area contributed by atoms with Gasteiger partial charge in [-0.05, 0) is 24.3 Å². The quantitative estimate of drug-likeness (QED) is 0.633. The number of carbonyl (C=O) groups excluding carboxylic acids is 1. The van der Waals surface area contributed by atoms with E-state index in [1.54, 1.807) is 6.33 Å². The first kappa shape index (κ1) is 19.9. The average molecular weight is 420 g/mol. The number of aromatic nitrogens is 5. The maximum atomic E-state index is 12.8. The van der Waals surface area contributed by atoms with E-state index in [0.717, 1.165) is 48.7 Å². The smallest absolute Gasteiger partial charge is 0.222 e. The van der Waals surface area contributed by atoms with Crippen LogP contribution in [0.25, 0.3) is 11.2 Å². The molecule has 1 aliphatic heterocycles. The van der Waals surface area contributed by atoms with Crippen molar-refractivity contribution >= 4 is 22.9 Å². The second-order valence-corrected chi connectivity index (χ2v) is 8.68. The maximum absolute atomic E-state index is 12.8. The van der Waals surface area contributed by atoms with Gasteiger partial charge in [-0.15, -0.1) is 5.10 Å². The first-order valence-electron chi connectivity index (χ1n) is 11.4. The van der Waals surface area contributed by atoms with Gasteiger partial charge in [0.1, 0.15) is 6.33 Å². The lowest BCUT2D eigenvalue weighted by atomic mass is 9.86. The third-order valence-electron chi connectivity index (χ3n) is 6.58. The van der Waals surface area contributed by atoms with Gasteiger partial charge in [-0.2, -0.15) is 0 Å². The molecule has 3 heterocycles. The predicted octanol–water partition coefficient (Wildman–Crippen LogP) is 2.89. The highest BCUT2D eigenvalue weighted by atomic mass is 16.2. The Kier molecular flexibility index (Phi) is 5.78. The van der Waals surface area contributed by atoms with Gasteiger partial charge in [0.05, 0.1) is 6.54 Å². The largest absolute Gasteiger partial charge is 0.351 e. The number of hydrogen-bond donors (Lipinski definition) is 0. The molecule has 1 aromatic carbocycles. The highest BCUT2D eigenvalue weighted by Gasteiger charge is 2.26. The van der Waals surface area contributed by atoms with E-state index in [4.69, 9.17) is 0 Å². The zero-order valence-electron chi connectivity index (χ0n) is 17.9. The molecule has 0 spiro atoms. The summed E-state index contributed by atoms with van der Waals surface area (Å²) in [6, 6.07) is 10.2. The van der Waals surface area contributed by atoms with E-state index in [1.807, 2.05) is 27.8 Å². The minimum Gasteiger partial charge on any atom is -0.351 e. The fraction of sp³-hybridized carbons (Fsp3) is 0.522. The first-order chi connectivity index (χ1) is 15.3. The second-order valence-electron chi connectivity index (χ2n) is 8.68. The lowest BCUT2D eigenvalue weighted by Crippen LogP contribution is -2.49. The molecular weight excluding hydrogens is 390 g/mol. The normalized spacial score (nSPS) is 17.9. The van der Waals surface area contributed by atoms with Crippen LogP contribution in [0.1, 0.15) is 44.1 Å². The summed E-state index contributed by atoms with van der Waals surface area (Å²) < 4.78 is 1.82. The minimum atomic E-state index is 0.313. The van der Waals surface area contributed by atoms with Crippen LogP contribution >= 0.6 is 0 Å². The van der Waals surface area contributed by atoms with Crippen molar-refractivity contribution in [2.75, 3.05) is 31.1 Å². The first-order valence-corrected chi connectivity index (χ1v) is 11.4. The number of anilines is 1. The molecule has 2 fully saturated rings. The van der Waals surface area contributed by atoms with Gasteiger partial charge in [-0.25, -0.2) is 14.6 Å². The summed E-state index contributed by atoms with van der Waals surface area (Å²) >= 11 is 0. The Bertz CT molecular complexity index is 1020. The Labute approximate surface area is 182 Å². The zero-order chi connectivity index (χ0) is 21.0. The number of nitrogens with zero attached hydrogens (tertiary/aromatic N) is 7. The molecule has 8 heteroatoms. The molecule has 0 atom stereocenters. The Hall–Kier alpha value is -3.03. The van der Waals surface area contributed by atoms with Gasteiger partial charge in [0.15, 0.2) is 17.0 Å². The second kappa shape index (κ2) is 8.99. The number of piperazine rings is 1. The highest BCUT2D eigenvalue weighted by Crippen LogP contribution is 2.27. The lowest BCUT2D eigenvalue weighted by molar-refractivity contribution is -0.132. The van der Waals surface area contributed by atoms with Crippen molar-refractivity contribution < 1.29 is 4.79 Å². The van der Waals surface area contributed by atoms with E-state index in [2.05, 4.69) is 37.3 Å². The van der Waals surface area contributed by atoms with E-state index in [0.29, 0.717) is 24.8 Å². The summed E-state index contributed by atoms with van der Waals surface area (Å²) in [5.41, 5.74) is 2.62. The molecule has 1 saturated carbocycles. The van der Waals surface area contributed by atoms with E-state index in [-0.39, 0.29) is 0 Å². The van der Waals surface area contributed by atoms with Gasteiger partial charge in [0.25, 0.3) is 0 Å². The molecule has 2 aliphatic rings. The Balaban J connectivity index is 1.25. The van der Waals surface area contributed by atoms with Crippen LogP contribution in [0.15, 0.2) is 36.7 Å². The summed E-state index contributed by atoms with van der Waals surface area (Å²) in [7, 11) is 0. The molecule has 1 aliphatic carbocycles. The van der Waals surface area contributed by atoms with Gasteiger partial charge in [0, 0.05) is 32.6 Å². The lowest BCUT2D eigenvalue weighted by Gasteiger charge is -2.36. The SMILES string of the molecule is O=C(CC1CCCCC1)N1CCN(c2ncnc3c2nnn3Cc2ccccc2)CC1. The molecule has 0 N–H and O–H groups in total. The van der Waals surface area contributed by atoms with Crippen molar-refractivity contribution in [3.63, 3.8) is 0 Å². The summed E-state index contributed by atoms with van der Waals surface area (Å²) in [6.45, 7) is 3.60. The topological polar surface area (TPSA) is 80.0 Å². The minimum absolute atomic E-state index is 0.313. The molecule has 0 unspecified atom stereocenters. The molecular formula is C23H29N7O. The van der Waals surface area contributed by atoms with Crippen LogP contribution in [0.3, 0.4) is 0 Å². The van der Waals surface area contributed by atoms with E-state index < -0.39 is 0 Å². The number of rotatable bonds is 5. The van der Waals surface area contributed by atoms with Crippen LogP contribution in [-0.2, 0) is 11.3 Å². The van der Waals surface area contributed by atoms with Crippen molar-refractivity contribution in [3.05, 3.63) is 42.2 Å².